The van der Waals surface area contributed by atoms with Gasteiger partial charge >= 0.3 is 0 Å². The van der Waals surface area contributed by atoms with E-state index < -0.39 is 11.6 Å². The maximum atomic E-state index is 11.4. The van der Waals surface area contributed by atoms with Gasteiger partial charge in [0.05, 0.1) is 30.9 Å². The summed E-state index contributed by atoms with van der Waals surface area (Å²) in [4.78, 5) is 11.4. The molecule has 4 N–H and O–H groups in total. The lowest BCUT2D eigenvalue weighted by Crippen LogP contribution is -2.54. The fourth-order valence-corrected chi connectivity index (χ4v) is 1.04. The molecule has 1 saturated heterocycles. The molecule has 76 valence electrons. The van der Waals surface area contributed by atoms with Crippen LogP contribution >= 0.6 is 0 Å². The number of amides is 1. The van der Waals surface area contributed by atoms with Gasteiger partial charge in [0, 0.05) is 0 Å². The number of hydrogen-bond donors (Lipinski definition) is 3. The van der Waals surface area contributed by atoms with Crippen LogP contribution in [0, 0.1) is 0 Å². The van der Waals surface area contributed by atoms with Crippen LogP contribution in [0.4, 0.5) is 0 Å². The number of hydrogen-bond acceptors (Lipinski definition) is 4. The Kier molecular flexibility index (Phi) is 2.90. The van der Waals surface area contributed by atoms with Gasteiger partial charge in [0.2, 0.25) is 5.91 Å². The molecule has 1 aliphatic heterocycles. The Morgan fingerprint density at radius 2 is 2.23 bits per heavy atom. The van der Waals surface area contributed by atoms with E-state index in [0.717, 1.165) is 0 Å². The SMILES string of the molecule is CC(C)(N)C(=O)N[C@@H]1COC[C@H]1O. The molecule has 1 rings (SSSR count). The predicted molar refractivity (Wildman–Crippen MR) is 47.0 cm³/mol. The molecule has 0 aromatic carbocycles. The first-order valence-electron chi connectivity index (χ1n) is 4.27. The Morgan fingerprint density at radius 3 is 2.62 bits per heavy atom. The Hall–Kier alpha value is -0.650. The van der Waals surface area contributed by atoms with E-state index in [1.54, 1.807) is 13.8 Å². The van der Waals surface area contributed by atoms with Crippen molar-refractivity contribution in [2.24, 2.45) is 5.73 Å². The van der Waals surface area contributed by atoms with Crippen molar-refractivity contribution < 1.29 is 14.6 Å². The highest BCUT2D eigenvalue weighted by molar-refractivity contribution is 5.85. The molecule has 0 saturated carbocycles. The van der Waals surface area contributed by atoms with E-state index in [1.165, 1.54) is 0 Å². The van der Waals surface area contributed by atoms with Gasteiger partial charge in [0.15, 0.2) is 0 Å². The molecule has 1 fully saturated rings. The van der Waals surface area contributed by atoms with Crippen molar-refractivity contribution >= 4 is 5.91 Å². The van der Waals surface area contributed by atoms with Crippen LogP contribution in [0.1, 0.15) is 13.8 Å². The van der Waals surface area contributed by atoms with Crippen LogP contribution in [0.3, 0.4) is 0 Å². The van der Waals surface area contributed by atoms with E-state index in [0.29, 0.717) is 6.61 Å². The summed E-state index contributed by atoms with van der Waals surface area (Å²) < 4.78 is 4.98. The summed E-state index contributed by atoms with van der Waals surface area (Å²) in [5, 5.41) is 12.0. The highest BCUT2D eigenvalue weighted by Gasteiger charge is 2.31. The highest BCUT2D eigenvalue weighted by Crippen LogP contribution is 2.06. The maximum Gasteiger partial charge on any atom is 0.239 e. The number of aliphatic hydroxyl groups excluding tert-OH is 1. The van der Waals surface area contributed by atoms with Crippen molar-refractivity contribution in [3.05, 3.63) is 0 Å². The normalized spacial score (nSPS) is 28.9. The van der Waals surface area contributed by atoms with Crippen LogP contribution in [0.5, 0.6) is 0 Å². The van der Waals surface area contributed by atoms with Gasteiger partial charge in [0.25, 0.3) is 0 Å². The first-order chi connectivity index (χ1) is 5.91. The van der Waals surface area contributed by atoms with Crippen molar-refractivity contribution in [2.75, 3.05) is 13.2 Å². The standard InChI is InChI=1S/C8H16N2O3/c1-8(2,9)7(12)10-5-3-13-4-6(5)11/h5-6,11H,3-4,9H2,1-2H3,(H,10,12)/t5-,6-/m1/s1. The van der Waals surface area contributed by atoms with E-state index in [1.807, 2.05) is 0 Å². The Balaban J connectivity index is 2.45. The first-order valence-corrected chi connectivity index (χ1v) is 4.27. The molecule has 0 aliphatic carbocycles. The van der Waals surface area contributed by atoms with Gasteiger partial charge in [-0.1, -0.05) is 0 Å². The zero-order valence-electron chi connectivity index (χ0n) is 7.91. The topological polar surface area (TPSA) is 84.6 Å². The van der Waals surface area contributed by atoms with Crippen molar-refractivity contribution in [1.82, 2.24) is 5.32 Å². The molecule has 13 heavy (non-hydrogen) atoms. The fourth-order valence-electron chi connectivity index (χ4n) is 1.04. The zero-order valence-corrected chi connectivity index (χ0v) is 7.91. The van der Waals surface area contributed by atoms with E-state index >= 15 is 0 Å². The quantitative estimate of drug-likeness (QED) is 0.497. The van der Waals surface area contributed by atoms with Gasteiger partial charge in [-0.2, -0.15) is 0 Å². The second-order valence-corrected chi connectivity index (χ2v) is 3.91. The summed E-state index contributed by atoms with van der Waals surface area (Å²) in [6, 6.07) is -0.324. The monoisotopic (exact) mass is 188 g/mol. The number of aliphatic hydroxyl groups is 1. The number of carbonyl (C=O) groups is 1. The van der Waals surface area contributed by atoms with Gasteiger partial charge in [-0.25, -0.2) is 0 Å². The lowest BCUT2D eigenvalue weighted by atomic mass is 10.1. The molecule has 1 heterocycles. The molecule has 0 radical (unpaired) electrons. The molecular weight excluding hydrogens is 172 g/mol. The molecule has 0 spiro atoms. The molecule has 1 amide bonds. The number of carbonyl (C=O) groups excluding carboxylic acids is 1. The van der Waals surface area contributed by atoms with Crippen LogP contribution < -0.4 is 11.1 Å². The zero-order chi connectivity index (χ0) is 10.1. The number of nitrogens with one attached hydrogen (secondary N) is 1. The van der Waals surface area contributed by atoms with Crippen LogP contribution in [0.25, 0.3) is 0 Å². The van der Waals surface area contributed by atoms with Gasteiger partial charge < -0.3 is 20.9 Å². The Morgan fingerprint density at radius 1 is 1.62 bits per heavy atom. The molecule has 1 aliphatic rings. The largest absolute Gasteiger partial charge is 0.388 e. The highest BCUT2D eigenvalue weighted by atomic mass is 16.5. The summed E-state index contributed by atoms with van der Waals surface area (Å²) in [5.74, 6) is -0.276. The Labute approximate surface area is 77.2 Å². The molecule has 5 heteroatoms. The second-order valence-electron chi connectivity index (χ2n) is 3.91. The van der Waals surface area contributed by atoms with Crippen LogP contribution in [-0.4, -0.2) is 41.9 Å². The van der Waals surface area contributed by atoms with Crippen LogP contribution in [0.2, 0.25) is 0 Å². The number of ether oxygens (including phenoxy) is 1. The molecule has 2 atom stereocenters. The summed E-state index contributed by atoms with van der Waals surface area (Å²) in [5.41, 5.74) is 4.65. The predicted octanol–water partition coefficient (Wildman–Crippen LogP) is -1.40. The van der Waals surface area contributed by atoms with Crippen molar-refractivity contribution in [3.63, 3.8) is 0 Å². The molecule has 0 aromatic rings. The van der Waals surface area contributed by atoms with Crippen LogP contribution in [0.15, 0.2) is 0 Å². The third-order valence-electron chi connectivity index (χ3n) is 1.95. The molecular formula is C8H16N2O3. The van der Waals surface area contributed by atoms with Gasteiger partial charge in [-0.15, -0.1) is 0 Å². The Bertz CT molecular complexity index is 200. The number of nitrogens with two attached hydrogens (primary N) is 1. The van der Waals surface area contributed by atoms with E-state index in [2.05, 4.69) is 5.32 Å². The second kappa shape index (κ2) is 3.61. The summed E-state index contributed by atoms with van der Waals surface area (Å²) in [6.07, 6.45) is -0.619. The van der Waals surface area contributed by atoms with Gasteiger partial charge in [0.1, 0.15) is 0 Å². The summed E-state index contributed by atoms with van der Waals surface area (Å²) in [6.45, 7) is 3.86. The van der Waals surface area contributed by atoms with Crippen molar-refractivity contribution in [3.8, 4) is 0 Å². The molecule has 5 nitrogen and oxygen atoms in total. The minimum absolute atomic E-state index is 0.274. The molecule has 0 unspecified atom stereocenters. The minimum Gasteiger partial charge on any atom is -0.388 e. The summed E-state index contributed by atoms with van der Waals surface area (Å²) >= 11 is 0. The van der Waals surface area contributed by atoms with E-state index in [-0.39, 0.29) is 18.6 Å². The minimum atomic E-state index is -0.914. The van der Waals surface area contributed by atoms with Crippen molar-refractivity contribution in [1.29, 1.82) is 0 Å². The summed E-state index contributed by atoms with van der Waals surface area (Å²) in [7, 11) is 0. The van der Waals surface area contributed by atoms with E-state index in [9.17, 15) is 9.90 Å². The van der Waals surface area contributed by atoms with Crippen LogP contribution in [-0.2, 0) is 9.53 Å². The van der Waals surface area contributed by atoms with Gasteiger partial charge in [-0.05, 0) is 13.8 Å². The first kappa shape index (κ1) is 10.4. The average Bonchev–Trinajstić information content (AvgIpc) is 2.34. The third kappa shape index (κ3) is 2.65. The molecule has 0 aromatic heterocycles. The van der Waals surface area contributed by atoms with E-state index in [4.69, 9.17) is 10.5 Å². The lowest BCUT2D eigenvalue weighted by Gasteiger charge is -2.22. The maximum absolute atomic E-state index is 11.4. The smallest absolute Gasteiger partial charge is 0.239 e. The fraction of sp³-hybridized carbons (Fsp3) is 0.875. The third-order valence-corrected chi connectivity index (χ3v) is 1.95. The molecule has 0 bridgehead atoms. The van der Waals surface area contributed by atoms with Gasteiger partial charge in [-0.3, -0.25) is 4.79 Å². The number of rotatable bonds is 2. The van der Waals surface area contributed by atoms with Crippen molar-refractivity contribution in [2.45, 2.75) is 31.5 Å². The lowest BCUT2D eigenvalue weighted by molar-refractivity contribution is -0.126. The average molecular weight is 188 g/mol.